The fraction of sp³-hybridized carbons (Fsp3) is 0.323. The number of amidine groups is 1. The molecule has 214 valence electrons. The Labute approximate surface area is 236 Å². The first-order valence-corrected chi connectivity index (χ1v) is 13.7. The van der Waals surface area contributed by atoms with Crippen LogP contribution in [-0.2, 0) is 32.1 Å². The van der Waals surface area contributed by atoms with Gasteiger partial charge in [-0.15, -0.1) is 0 Å². The molecule has 1 aromatic heterocycles. The molecule has 0 aliphatic heterocycles. The van der Waals surface area contributed by atoms with Crippen LogP contribution in [-0.4, -0.2) is 39.3 Å². The SMILES string of the molecule is N=C(N)c1ccc(CCc2nc3cc(C(=O)N(CCN)Cc4cccc(C(F)(F)F)c4)ccc3n2CC2CC2)cc1. The average Bonchev–Trinajstić information content (AvgIpc) is 3.71. The molecular formula is C31H33F3N6O. The van der Waals surface area contributed by atoms with Crippen LogP contribution in [0, 0.1) is 11.3 Å². The summed E-state index contributed by atoms with van der Waals surface area (Å²) >= 11 is 0. The molecule has 0 atom stereocenters. The summed E-state index contributed by atoms with van der Waals surface area (Å²) in [5.41, 5.74) is 14.9. The van der Waals surface area contributed by atoms with Crippen LogP contribution in [0.2, 0.25) is 0 Å². The lowest BCUT2D eigenvalue weighted by atomic mass is 10.1. The molecule has 4 aromatic rings. The quantitative estimate of drug-likeness (QED) is 0.174. The summed E-state index contributed by atoms with van der Waals surface area (Å²) in [5, 5.41) is 7.58. The van der Waals surface area contributed by atoms with Crippen LogP contribution < -0.4 is 11.5 Å². The van der Waals surface area contributed by atoms with Crippen molar-refractivity contribution in [3.63, 3.8) is 0 Å². The number of alkyl halides is 3. The van der Waals surface area contributed by atoms with Crippen LogP contribution >= 0.6 is 0 Å². The van der Waals surface area contributed by atoms with E-state index >= 15 is 0 Å². The molecule has 0 radical (unpaired) electrons. The molecule has 5 N–H and O–H groups in total. The highest BCUT2D eigenvalue weighted by Crippen LogP contribution is 2.33. The van der Waals surface area contributed by atoms with Crippen molar-refractivity contribution in [2.75, 3.05) is 13.1 Å². The minimum Gasteiger partial charge on any atom is -0.384 e. The van der Waals surface area contributed by atoms with Gasteiger partial charge >= 0.3 is 6.18 Å². The van der Waals surface area contributed by atoms with Gasteiger partial charge in [0.25, 0.3) is 5.91 Å². The van der Waals surface area contributed by atoms with Crippen molar-refractivity contribution in [2.24, 2.45) is 17.4 Å². The van der Waals surface area contributed by atoms with Gasteiger partial charge in [0.1, 0.15) is 11.7 Å². The highest BCUT2D eigenvalue weighted by Gasteiger charge is 2.31. The zero-order chi connectivity index (χ0) is 29.1. The Morgan fingerprint density at radius 2 is 1.73 bits per heavy atom. The number of halogens is 3. The Balaban J connectivity index is 1.38. The zero-order valence-corrected chi connectivity index (χ0v) is 22.6. The maximum absolute atomic E-state index is 13.5. The van der Waals surface area contributed by atoms with Gasteiger partial charge in [0.15, 0.2) is 0 Å². The number of nitrogen functional groups attached to an aromatic ring is 1. The molecule has 3 aromatic carbocycles. The molecule has 7 nitrogen and oxygen atoms in total. The van der Waals surface area contributed by atoms with Gasteiger partial charge in [0.2, 0.25) is 0 Å². The first kappa shape index (κ1) is 28.4. The molecule has 1 heterocycles. The monoisotopic (exact) mass is 562 g/mol. The number of benzene rings is 3. The van der Waals surface area contributed by atoms with Crippen LogP contribution in [0.15, 0.2) is 66.7 Å². The van der Waals surface area contributed by atoms with Gasteiger partial charge in [-0.1, -0.05) is 36.4 Å². The van der Waals surface area contributed by atoms with Crippen LogP contribution in [0.1, 0.15) is 51.3 Å². The second-order valence-corrected chi connectivity index (χ2v) is 10.6. The number of hydrogen-bond acceptors (Lipinski definition) is 4. The summed E-state index contributed by atoms with van der Waals surface area (Å²) in [6, 6.07) is 18.1. The Morgan fingerprint density at radius 1 is 1.00 bits per heavy atom. The third kappa shape index (κ3) is 6.77. The number of amides is 1. The predicted molar refractivity (Wildman–Crippen MR) is 153 cm³/mol. The van der Waals surface area contributed by atoms with Gasteiger partial charge < -0.3 is 20.9 Å². The second-order valence-electron chi connectivity index (χ2n) is 10.6. The van der Waals surface area contributed by atoms with E-state index in [0.29, 0.717) is 34.5 Å². The van der Waals surface area contributed by atoms with Crippen molar-refractivity contribution < 1.29 is 18.0 Å². The fourth-order valence-electron chi connectivity index (χ4n) is 5.03. The van der Waals surface area contributed by atoms with Crippen LogP contribution in [0.25, 0.3) is 11.0 Å². The molecular weight excluding hydrogens is 529 g/mol. The Kier molecular flexibility index (Phi) is 8.12. The molecule has 0 bridgehead atoms. The number of fused-ring (bicyclic) bond motifs is 1. The number of aryl methyl sites for hydroxylation is 2. The van der Waals surface area contributed by atoms with Crippen LogP contribution in [0.3, 0.4) is 0 Å². The number of aromatic nitrogens is 2. The average molecular weight is 563 g/mol. The summed E-state index contributed by atoms with van der Waals surface area (Å²) < 4.78 is 41.9. The van der Waals surface area contributed by atoms with E-state index in [1.807, 2.05) is 30.3 Å². The summed E-state index contributed by atoms with van der Waals surface area (Å²) in [6.07, 6.45) is -0.617. The Morgan fingerprint density at radius 3 is 2.39 bits per heavy atom. The van der Waals surface area contributed by atoms with Crippen molar-refractivity contribution in [3.8, 4) is 0 Å². The van der Waals surface area contributed by atoms with Gasteiger partial charge in [-0.2, -0.15) is 13.2 Å². The lowest BCUT2D eigenvalue weighted by molar-refractivity contribution is -0.137. The number of carbonyl (C=O) groups is 1. The smallest absolute Gasteiger partial charge is 0.384 e. The minimum atomic E-state index is -4.46. The van der Waals surface area contributed by atoms with Gasteiger partial charge in [0.05, 0.1) is 16.6 Å². The predicted octanol–water partition coefficient (Wildman–Crippen LogP) is 5.14. The molecule has 1 aliphatic rings. The van der Waals surface area contributed by atoms with Gasteiger partial charge in [0, 0.05) is 43.7 Å². The van der Waals surface area contributed by atoms with Crippen molar-refractivity contribution in [3.05, 3.63) is 100 Å². The molecule has 0 spiro atoms. The first-order chi connectivity index (χ1) is 19.6. The van der Waals surface area contributed by atoms with E-state index in [9.17, 15) is 18.0 Å². The zero-order valence-electron chi connectivity index (χ0n) is 22.6. The molecule has 0 unspecified atom stereocenters. The van der Waals surface area contributed by atoms with Crippen LogP contribution in [0.4, 0.5) is 13.2 Å². The van der Waals surface area contributed by atoms with E-state index in [4.69, 9.17) is 21.9 Å². The number of hydrogen-bond donors (Lipinski definition) is 3. The largest absolute Gasteiger partial charge is 0.416 e. The van der Waals surface area contributed by atoms with Gasteiger partial charge in [-0.3, -0.25) is 10.2 Å². The van der Waals surface area contributed by atoms with Gasteiger partial charge in [-0.25, -0.2) is 4.98 Å². The molecule has 1 saturated carbocycles. The van der Waals surface area contributed by atoms with Crippen LogP contribution in [0.5, 0.6) is 0 Å². The lowest BCUT2D eigenvalue weighted by Gasteiger charge is -2.23. The molecule has 41 heavy (non-hydrogen) atoms. The number of imidazole rings is 1. The lowest BCUT2D eigenvalue weighted by Crippen LogP contribution is -2.35. The van der Waals surface area contributed by atoms with Crippen molar-refractivity contribution >= 4 is 22.8 Å². The standard InChI is InChI=1S/C31H33F3N6O/c32-31(33,34)25-3-1-2-22(16-25)18-39(15-14-35)30(41)24-11-12-27-26(17-24)38-28(40(27)19-21-4-5-21)13-8-20-6-9-23(10-7-20)29(36)37/h1-3,6-7,9-12,16-17,21H,4-5,8,13-15,18-19,35H2,(H3,36,37). The number of carbonyl (C=O) groups excluding carboxylic acids is 1. The van der Waals surface area contributed by atoms with E-state index in [2.05, 4.69) is 4.57 Å². The molecule has 10 heteroatoms. The number of nitrogens with one attached hydrogen (secondary N) is 1. The molecule has 0 saturated heterocycles. The first-order valence-electron chi connectivity index (χ1n) is 13.7. The molecule has 5 rings (SSSR count). The fourth-order valence-corrected chi connectivity index (χ4v) is 5.03. The molecule has 1 amide bonds. The summed E-state index contributed by atoms with van der Waals surface area (Å²) in [7, 11) is 0. The van der Waals surface area contributed by atoms with Crippen molar-refractivity contribution in [1.82, 2.24) is 14.5 Å². The van der Waals surface area contributed by atoms with E-state index in [0.717, 1.165) is 42.0 Å². The molecule has 1 fully saturated rings. The number of nitrogens with two attached hydrogens (primary N) is 2. The third-order valence-corrected chi connectivity index (χ3v) is 7.43. The topological polar surface area (TPSA) is 114 Å². The molecule has 1 aliphatic carbocycles. The Bertz CT molecular complexity index is 1560. The summed E-state index contributed by atoms with van der Waals surface area (Å²) in [6.45, 7) is 1.27. The highest BCUT2D eigenvalue weighted by molar-refractivity contribution is 5.97. The number of nitrogens with zero attached hydrogens (tertiary/aromatic N) is 3. The summed E-state index contributed by atoms with van der Waals surface area (Å²) in [4.78, 5) is 19.9. The van der Waals surface area contributed by atoms with E-state index < -0.39 is 11.7 Å². The van der Waals surface area contributed by atoms with Crippen molar-refractivity contribution in [1.29, 1.82) is 5.41 Å². The number of rotatable bonds is 11. The minimum absolute atomic E-state index is 0.0157. The Hall–Kier alpha value is -4.18. The van der Waals surface area contributed by atoms with E-state index in [-0.39, 0.29) is 31.4 Å². The maximum Gasteiger partial charge on any atom is 0.416 e. The second kappa shape index (κ2) is 11.7. The highest BCUT2D eigenvalue weighted by atomic mass is 19.4. The maximum atomic E-state index is 13.5. The third-order valence-electron chi connectivity index (χ3n) is 7.43. The van der Waals surface area contributed by atoms with E-state index in [1.165, 1.54) is 23.8 Å². The normalized spacial score (nSPS) is 13.5. The van der Waals surface area contributed by atoms with Gasteiger partial charge in [-0.05, 0) is 66.6 Å². The summed E-state index contributed by atoms with van der Waals surface area (Å²) in [5.74, 6) is 1.29. The van der Waals surface area contributed by atoms with E-state index in [1.54, 1.807) is 18.2 Å². The van der Waals surface area contributed by atoms with Crippen molar-refractivity contribution in [2.45, 2.75) is 44.9 Å².